The normalized spacial score (nSPS) is 26.2. The molecule has 0 aliphatic carbocycles. The van der Waals surface area contributed by atoms with Gasteiger partial charge in [0.05, 0.1) is 11.3 Å². The number of rotatable bonds is 3. The van der Waals surface area contributed by atoms with E-state index in [2.05, 4.69) is 26.1 Å². The number of benzene rings is 1. The van der Waals surface area contributed by atoms with Gasteiger partial charge >= 0.3 is 5.97 Å². The summed E-state index contributed by atoms with van der Waals surface area (Å²) >= 11 is 3.41. The molecule has 108 valence electrons. The van der Waals surface area contributed by atoms with E-state index in [1.54, 1.807) is 12.1 Å². The lowest BCUT2D eigenvalue weighted by Crippen LogP contribution is -2.42. The van der Waals surface area contributed by atoms with Crippen LogP contribution in [-0.2, 0) is 0 Å². The average molecular weight is 339 g/mol. The molecule has 0 spiro atoms. The Hall–Kier alpha value is -1.07. The minimum atomic E-state index is -0.877. The average Bonchev–Trinajstić information content (AvgIpc) is 2.85. The topological polar surface area (TPSA) is 52.6 Å². The molecule has 3 rings (SSSR count). The van der Waals surface area contributed by atoms with E-state index in [9.17, 15) is 9.90 Å². The van der Waals surface area contributed by atoms with E-state index in [1.807, 2.05) is 6.07 Å². The number of hydrogen-bond donors (Lipinski definition) is 2. The van der Waals surface area contributed by atoms with Crippen molar-refractivity contribution < 1.29 is 9.90 Å². The smallest absolute Gasteiger partial charge is 0.337 e. The number of nitrogens with zero attached hydrogens (tertiary/aromatic N) is 1. The number of aromatic carboxylic acids is 1. The van der Waals surface area contributed by atoms with Crippen LogP contribution in [0.2, 0.25) is 0 Å². The fourth-order valence-corrected chi connectivity index (χ4v) is 3.76. The van der Waals surface area contributed by atoms with Gasteiger partial charge in [0.25, 0.3) is 0 Å². The Balaban J connectivity index is 1.74. The number of halogens is 1. The highest BCUT2D eigenvalue weighted by Gasteiger charge is 2.31. The maximum atomic E-state index is 11.3. The maximum absolute atomic E-state index is 11.3. The van der Waals surface area contributed by atoms with Gasteiger partial charge in [-0.3, -0.25) is 0 Å². The van der Waals surface area contributed by atoms with Crippen LogP contribution in [0.3, 0.4) is 0 Å². The van der Waals surface area contributed by atoms with E-state index in [-0.39, 0.29) is 0 Å². The summed E-state index contributed by atoms with van der Waals surface area (Å²) < 4.78 is 0.906. The van der Waals surface area contributed by atoms with Crippen LogP contribution in [0.25, 0.3) is 0 Å². The molecule has 0 radical (unpaired) electrons. The molecule has 1 aromatic rings. The van der Waals surface area contributed by atoms with E-state index >= 15 is 0 Å². The Morgan fingerprint density at radius 1 is 1.35 bits per heavy atom. The van der Waals surface area contributed by atoms with Crippen LogP contribution in [0.5, 0.6) is 0 Å². The zero-order valence-electron chi connectivity index (χ0n) is 11.3. The van der Waals surface area contributed by atoms with Gasteiger partial charge in [-0.1, -0.05) is 15.9 Å². The molecule has 2 saturated heterocycles. The molecule has 2 atom stereocenters. The number of anilines is 1. The maximum Gasteiger partial charge on any atom is 0.337 e. The molecular weight excluding hydrogens is 320 g/mol. The lowest BCUT2D eigenvalue weighted by Gasteiger charge is -2.35. The van der Waals surface area contributed by atoms with Gasteiger partial charge in [0.2, 0.25) is 0 Å². The van der Waals surface area contributed by atoms with Crippen LogP contribution in [0.1, 0.15) is 36.0 Å². The third-order valence-electron chi connectivity index (χ3n) is 4.39. The van der Waals surface area contributed by atoms with Crippen molar-refractivity contribution in [3.05, 3.63) is 28.2 Å². The molecular formula is C15H19BrN2O2. The summed E-state index contributed by atoms with van der Waals surface area (Å²) in [6, 6.07) is 6.35. The van der Waals surface area contributed by atoms with Crippen molar-refractivity contribution in [1.82, 2.24) is 4.90 Å². The number of nitrogens with one attached hydrogen (secondary N) is 1. The van der Waals surface area contributed by atoms with Gasteiger partial charge in [0, 0.05) is 23.1 Å². The zero-order valence-corrected chi connectivity index (χ0v) is 12.9. The fraction of sp³-hybridized carbons (Fsp3) is 0.533. The van der Waals surface area contributed by atoms with Crippen LogP contribution in [0.15, 0.2) is 22.7 Å². The summed E-state index contributed by atoms with van der Waals surface area (Å²) in [5.74, 6) is -0.877. The Morgan fingerprint density at radius 2 is 2.20 bits per heavy atom. The van der Waals surface area contributed by atoms with Gasteiger partial charge in [0.1, 0.15) is 0 Å². The third-order valence-corrected chi connectivity index (χ3v) is 4.89. The van der Waals surface area contributed by atoms with Crippen LogP contribution in [-0.4, -0.2) is 41.1 Å². The van der Waals surface area contributed by atoms with Gasteiger partial charge < -0.3 is 15.3 Å². The molecule has 2 fully saturated rings. The quantitative estimate of drug-likeness (QED) is 0.888. The van der Waals surface area contributed by atoms with Crippen LogP contribution < -0.4 is 5.32 Å². The summed E-state index contributed by atoms with van der Waals surface area (Å²) in [4.78, 5) is 13.9. The summed E-state index contributed by atoms with van der Waals surface area (Å²) in [6.07, 6.45) is 4.78. The summed E-state index contributed by atoms with van der Waals surface area (Å²) in [5.41, 5.74) is 1.07. The Labute approximate surface area is 127 Å². The standard InChI is InChI=1S/C15H19BrN2O2/c16-10-3-4-13(15(19)20)14(8-10)17-11-5-7-18-6-1-2-12(18)9-11/h3-4,8,11-12,17H,1-2,5-7,9H2,(H,19,20). The minimum absolute atomic E-state index is 0.349. The fourth-order valence-electron chi connectivity index (χ4n) is 3.40. The Morgan fingerprint density at radius 3 is 3.00 bits per heavy atom. The first kappa shape index (κ1) is 13.9. The van der Waals surface area contributed by atoms with E-state index < -0.39 is 5.97 Å². The lowest BCUT2D eigenvalue weighted by atomic mass is 9.97. The number of piperidine rings is 1. The largest absolute Gasteiger partial charge is 0.478 e. The first-order chi connectivity index (χ1) is 9.63. The monoisotopic (exact) mass is 338 g/mol. The van der Waals surface area contributed by atoms with E-state index in [1.165, 1.54) is 19.4 Å². The van der Waals surface area contributed by atoms with Crippen molar-refractivity contribution in [3.63, 3.8) is 0 Å². The van der Waals surface area contributed by atoms with Crippen LogP contribution in [0, 0.1) is 0 Å². The molecule has 20 heavy (non-hydrogen) atoms. The molecule has 2 heterocycles. The minimum Gasteiger partial charge on any atom is -0.478 e. The van der Waals surface area contributed by atoms with E-state index in [4.69, 9.17) is 0 Å². The van der Waals surface area contributed by atoms with Crippen molar-refractivity contribution in [2.45, 2.75) is 37.8 Å². The second-order valence-electron chi connectivity index (χ2n) is 5.69. The molecule has 1 aromatic carbocycles. The molecule has 5 heteroatoms. The number of hydrogen-bond acceptors (Lipinski definition) is 3. The van der Waals surface area contributed by atoms with E-state index in [0.717, 1.165) is 29.5 Å². The van der Waals surface area contributed by atoms with Crippen molar-refractivity contribution in [2.24, 2.45) is 0 Å². The van der Waals surface area contributed by atoms with E-state index in [0.29, 0.717) is 17.6 Å². The van der Waals surface area contributed by atoms with Crippen molar-refractivity contribution in [3.8, 4) is 0 Å². The summed E-state index contributed by atoms with van der Waals surface area (Å²) in [7, 11) is 0. The second-order valence-corrected chi connectivity index (χ2v) is 6.61. The predicted molar refractivity (Wildman–Crippen MR) is 82.3 cm³/mol. The van der Waals surface area contributed by atoms with Gasteiger partial charge in [-0.15, -0.1) is 0 Å². The molecule has 0 bridgehead atoms. The summed E-state index contributed by atoms with van der Waals surface area (Å²) in [5, 5.41) is 12.7. The molecule has 4 nitrogen and oxygen atoms in total. The molecule has 2 aliphatic heterocycles. The van der Waals surface area contributed by atoms with Crippen molar-refractivity contribution in [1.29, 1.82) is 0 Å². The highest BCUT2D eigenvalue weighted by atomic mass is 79.9. The molecule has 0 saturated carbocycles. The van der Waals surface area contributed by atoms with Gasteiger partial charge in [-0.2, -0.15) is 0 Å². The van der Waals surface area contributed by atoms with Crippen LogP contribution >= 0.6 is 15.9 Å². The van der Waals surface area contributed by atoms with Crippen molar-refractivity contribution >= 4 is 27.6 Å². The lowest BCUT2D eigenvalue weighted by molar-refractivity contribution is 0.0698. The number of carbonyl (C=O) groups is 1. The Bertz CT molecular complexity index is 521. The van der Waals surface area contributed by atoms with Gasteiger partial charge in [0.15, 0.2) is 0 Å². The first-order valence-electron chi connectivity index (χ1n) is 7.17. The third kappa shape index (κ3) is 2.83. The Kier molecular flexibility index (Phi) is 3.98. The molecule has 2 aliphatic rings. The molecule has 0 amide bonds. The first-order valence-corrected chi connectivity index (χ1v) is 7.96. The van der Waals surface area contributed by atoms with Gasteiger partial charge in [-0.25, -0.2) is 4.79 Å². The summed E-state index contributed by atoms with van der Waals surface area (Å²) in [6.45, 7) is 2.35. The highest BCUT2D eigenvalue weighted by molar-refractivity contribution is 9.10. The zero-order chi connectivity index (χ0) is 14.1. The molecule has 2 N–H and O–H groups in total. The SMILES string of the molecule is O=C(O)c1ccc(Br)cc1NC1CCN2CCCC2C1. The molecule has 0 aromatic heterocycles. The molecule has 2 unspecified atom stereocenters. The predicted octanol–water partition coefficient (Wildman–Crippen LogP) is 3.19. The van der Waals surface area contributed by atoms with Gasteiger partial charge in [-0.05, 0) is 50.4 Å². The number of fused-ring (bicyclic) bond motifs is 1. The van der Waals surface area contributed by atoms with Crippen molar-refractivity contribution in [2.75, 3.05) is 18.4 Å². The number of carboxylic acids is 1. The second kappa shape index (κ2) is 5.74. The number of carboxylic acid groups (broad SMARTS) is 1. The highest BCUT2D eigenvalue weighted by Crippen LogP contribution is 2.30. The van der Waals surface area contributed by atoms with Crippen LogP contribution in [0.4, 0.5) is 5.69 Å².